The minimum atomic E-state index is -3.07. The Morgan fingerprint density at radius 3 is 2.60 bits per heavy atom. The molecule has 0 radical (unpaired) electrons. The summed E-state index contributed by atoms with van der Waals surface area (Å²) in [6.45, 7) is 0.335. The fraction of sp³-hybridized carbons (Fsp3) is 1.00. The Morgan fingerprint density at radius 1 is 1.80 bits per heavy atom. The van der Waals surface area contributed by atoms with Gasteiger partial charge < -0.3 is 15.3 Å². The standard InChI is InChI=1S/C2H7NO3S3.Na/c3-1-2-8-9(5,7)6-4;/h4H,1-3H2;/q;+1/p-1. The van der Waals surface area contributed by atoms with Gasteiger partial charge in [-0.05, 0) is 10.8 Å². The molecule has 0 aromatic heterocycles. The van der Waals surface area contributed by atoms with E-state index in [2.05, 4.69) is 15.5 Å². The summed E-state index contributed by atoms with van der Waals surface area (Å²) < 4.78 is 13.7. The molecule has 1 atom stereocenters. The van der Waals surface area contributed by atoms with Crippen molar-refractivity contribution in [1.29, 1.82) is 0 Å². The first kappa shape index (κ1) is 14.1. The van der Waals surface area contributed by atoms with E-state index in [-0.39, 0.29) is 29.6 Å². The van der Waals surface area contributed by atoms with Crippen LogP contribution in [-0.4, -0.2) is 16.5 Å². The van der Waals surface area contributed by atoms with Crippen molar-refractivity contribution in [2.45, 2.75) is 0 Å². The monoisotopic (exact) mass is 211 g/mol. The first-order valence-electron chi connectivity index (χ1n) is 2.03. The Kier molecular flexibility index (Phi) is 10.3. The number of hydrogen-bond donors (Lipinski definition) is 1. The Labute approximate surface area is 90.4 Å². The Bertz CT molecular complexity index is 157. The van der Waals surface area contributed by atoms with Crippen LogP contribution in [0.3, 0.4) is 0 Å². The van der Waals surface area contributed by atoms with Gasteiger partial charge in [0, 0.05) is 23.5 Å². The maximum Gasteiger partial charge on any atom is 1.00 e. The predicted molar refractivity (Wildman–Crippen MR) is 38.1 cm³/mol. The van der Waals surface area contributed by atoms with E-state index in [1.165, 1.54) is 0 Å². The Balaban J connectivity index is 0. The van der Waals surface area contributed by atoms with Crippen molar-refractivity contribution in [3.63, 3.8) is 0 Å². The minimum Gasteiger partial charge on any atom is -0.708 e. The van der Waals surface area contributed by atoms with Gasteiger partial charge in [0.1, 0.15) is 0 Å². The molecular weight excluding hydrogens is 205 g/mol. The summed E-state index contributed by atoms with van der Waals surface area (Å²) in [7, 11) is -2.31. The second-order valence-electron chi connectivity index (χ2n) is 1.09. The minimum absolute atomic E-state index is 0. The third kappa shape index (κ3) is 7.70. The Hall–Kier alpha value is 1.60. The van der Waals surface area contributed by atoms with Crippen LogP contribution in [-0.2, 0) is 23.3 Å². The van der Waals surface area contributed by atoms with Crippen molar-refractivity contribution in [3.8, 4) is 0 Å². The van der Waals surface area contributed by atoms with E-state index in [1.807, 2.05) is 0 Å². The van der Waals surface area contributed by atoms with Gasteiger partial charge in [-0.2, -0.15) is 0 Å². The average Bonchev–Trinajstić information content (AvgIpc) is 1.84. The normalized spacial score (nSPS) is 15.4. The molecule has 0 aromatic carbocycles. The molecule has 0 saturated carbocycles. The van der Waals surface area contributed by atoms with E-state index < -0.39 is 7.80 Å². The summed E-state index contributed by atoms with van der Waals surface area (Å²) in [6, 6.07) is 0. The number of nitrogens with two attached hydrogens (primary N) is 1. The molecule has 0 amide bonds. The summed E-state index contributed by atoms with van der Waals surface area (Å²) in [4.78, 5) is 0. The van der Waals surface area contributed by atoms with E-state index in [0.717, 1.165) is 10.8 Å². The van der Waals surface area contributed by atoms with Crippen LogP contribution in [0.25, 0.3) is 0 Å². The van der Waals surface area contributed by atoms with Gasteiger partial charge >= 0.3 is 29.6 Å². The van der Waals surface area contributed by atoms with Crippen LogP contribution in [0.2, 0.25) is 0 Å². The van der Waals surface area contributed by atoms with Crippen molar-refractivity contribution in [2.24, 2.45) is 5.73 Å². The van der Waals surface area contributed by atoms with E-state index in [4.69, 9.17) is 5.73 Å². The first-order valence-corrected chi connectivity index (χ1v) is 5.94. The van der Waals surface area contributed by atoms with Crippen LogP contribution < -0.4 is 40.5 Å². The van der Waals surface area contributed by atoms with E-state index in [0.29, 0.717) is 12.3 Å². The maximum absolute atomic E-state index is 10.5. The van der Waals surface area contributed by atoms with Crippen LogP contribution in [0.4, 0.5) is 0 Å². The molecule has 1 unspecified atom stereocenters. The zero-order valence-corrected chi connectivity index (χ0v) is 9.89. The maximum atomic E-state index is 10.5. The molecule has 4 nitrogen and oxygen atoms in total. The largest absolute Gasteiger partial charge is 1.00 e. The quantitative estimate of drug-likeness (QED) is 0.219. The molecule has 8 heteroatoms. The van der Waals surface area contributed by atoms with Gasteiger partial charge in [0.25, 0.3) is 0 Å². The molecule has 0 aliphatic heterocycles. The molecule has 0 heterocycles. The van der Waals surface area contributed by atoms with Gasteiger partial charge in [0.15, 0.2) is 7.80 Å². The SMILES string of the molecule is NCCSS(=O)(=S)O[O-].[Na+]. The summed E-state index contributed by atoms with van der Waals surface area (Å²) in [5.41, 5.74) is 5.04. The van der Waals surface area contributed by atoms with Crippen LogP contribution in [0.1, 0.15) is 0 Å². The van der Waals surface area contributed by atoms with Crippen molar-refractivity contribution < 1.29 is 43.4 Å². The summed E-state index contributed by atoms with van der Waals surface area (Å²) in [6.07, 6.45) is 0. The fourth-order valence-electron chi connectivity index (χ4n) is 0.170. The summed E-state index contributed by atoms with van der Waals surface area (Å²) >= 11 is 4.21. The van der Waals surface area contributed by atoms with Crippen LogP contribution in [0.15, 0.2) is 0 Å². The molecule has 0 rings (SSSR count). The van der Waals surface area contributed by atoms with Crippen LogP contribution >= 0.6 is 10.8 Å². The molecule has 0 aliphatic rings. The number of rotatable bonds is 4. The molecule has 0 saturated heterocycles. The van der Waals surface area contributed by atoms with E-state index >= 15 is 0 Å². The molecule has 56 valence electrons. The van der Waals surface area contributed by atoms with E-state index in [1.54, 1.807) is 0 Å². The van der Waals surface area contributed by atoms with Crippen molar-refractivity contribution in [2.75, 3.05) is 12.3 Å². The molecule has 0 bridgehead atoms. The van der Waals surface area contributed by atoms with Gasteiger partial charge in [-0.3, -0.25) is 0 Å². The van der Waals surface area contributed by atoms with Gasteiger partial charge in [0.05, 0.1) is 0 Å². The van der Waals surface area contributed by atoms with Crippen molar-refractivity contribution >= 4 is 29.8 Å². The van der Waals surface area contributed by atoms with Gasteiger partial charge in [-0.15, -0.1) is 0 Å². The van der Waals surface area contributed by atoms with Crippen LogP contribution in [0, 0.1) is 0 Å². The van der Waals surface area contributed by atoms with E-state index in [9.17, 15) is 9.47 Å². The first-order chi connectivity index (χ1) is 4.12. The molecular formula is C2H6NNaO3S3. The summed E-state index contributed by atoms with van der Waals surface area (Å²) in [5, 5.41) is 9.52. The molecule has 2 N–H and O–H groups in total. The third-order valence-electron chi connectivity index (χ3n) is 0.429. The summed E-state index contributed by atoms with van der Waals surface area (Å²) in [5.74, 6) is 0.380. The van der Waals surface area contributed by atoms with Crippen LogP contribution in [0.5, 0.6) is 0 Å². The van der Waals surface area contributed by atoms with Crippen molar-refractivity contribution in [1.82, 2.24) is 0 Å². The average molecular weight is 211 g/mol. The van der Waals surface area contributed by atoms with Crippen molar-refractivity contribution in [3.05, 3.63) is 0 Å². The predicted octanol–water partition coefficient (Wildman–Crippen LogP) is -4.45. The molecule has 0 aromatic rings. The second kappa shape index (κ2) is 7.26. The molecule has 0 fully saturated rings. The number of hydrogen-bond acceptors (Lipinski definition) is 6. The molecule has 0 spiro atoms. The third-order valence-corrected chi connectivity index (χ3v) is 3.85. The zero-order chi connectivity index (χ0) is 7.33. The second-order valence-corrected chi connectivity index (χ2v) is 6.66. The topological polar surface area (TPSA) is 75.4 Å². The smallest absolute Gasteiger partial charge is 0.708 e. The van der Waals surface area contributed by atoms with Gasteiger partial charge in [0.2, 0.25) is 0 Å². The molecule has 10 heavy (non-hydrogen) atoms. The van der Waals surface area contributed by atoms with Gasteiger partial charge in [-0.25, -0.2) is 4.21 Å². The van der Waals surface area contributed by atoms with Gasteiger partial charge in [-0.1, -0.05) is 0 Å². The zero-order valence-electron chi connectivity index (χ0n) is 5.44. The molecule has 0 aliphatic carbocycles. The fourth-order valence-corrected chi connectivity index (χ4v) is 2.14. The Morgan fingerprint density at radius 2 is 2.30 bits per heavy atom.